The molecule has 29 heavy (non-hydrogen) atoms. The van der Waals surface area contributed by atoms with E-state index in [1.807, 2.05) is 6.92 Å². The molecular weight excluding hydrogens is 374 g/mol. The highest BCUT2D eigenvalue weighted by Gasteiger charge is 2.27. The molecule has 0 aromatic heterocycles. The highest BCUT2D eigenvalue weighted by molar-refractivity contribution is 6.05. The van der Waals surface area contributed by atoms with Crippen molar-refractivity contribution in [2.45, 2.75) is 26.4 Å². The molecule has 0 bridgehead atoms. The molecule has 7 heteroatoms. The third-order valence-corrected chi connectivity index (χ3v) is 4.80. The first kappa shape index (κ1) is 20.5. The van der Waals surface area contributed by atoms with E-state index in [4.69, 9.17) is 14.2 Å². The lowest BCUT2D eigenvalue weighted by atomic mass is 9.99. The van der Waals surface area contributed by atoms with Gasteiger partial charge in [0.05, 0.1) is 25.2 Å². The summed E-state index contributed by atoms with van der Waals surface area (Å²) in [6.45, 7) is 4.10. The molecule has 0 saturated heterocycles. The summed E-state index contributed by atoms with van der Waals surface area (Å²) in [5, 5.41) is 2.76. The molecule has 0 fully saturated rings. The van der Waals surface area contributed by atoms with Crippen LogP contribution in [0.25, 0.3) is 0 Å². The second kappa shape index (κ2) is 8.87. The summed E-state index contributed by atoms with van der Waals surface area (Å²) < 4.78 is 15.9. The Bertz CT molecular complexity index is 952. The minimum absolute atomic E-state index is 0.0987. The summed E-state index contributed by atoms with van der Waals surface area (Å²) in [6.07, 6.45) is 0. The lowest BCUT2D eigenvalue weighted by Gasteiger charge is -2.11. The fourth-order valence-electron chi connectivity index (χ4n) is 3.12. The molecule has 1 heterocycles. The SMILES string of the molecule is CCOCc1cc(C(=O)OCC(=O)c2ccc3c(c2)[C@@H](C)C(=O)N3)ccc1OC. The van der Waals surface area contributed by atoms with Gasteiger partial charge in [-0.1, -0.05) is 0 Å². The first-order valence-electron chi connectivity index (χ1n) is 9.34. The molecule has 0 spiro atoms. The number of Topliss-reactive ketones (excluding diaryl/α,β-unsaturated/α-hetero) is 1. The van der Waals surface area contributed by atoms with Crippen LogP contribution in [0.15, 0.2) is 36.4 Å². The molecule has 1 aliphatic heterocycles. The van der Waals surface area contributed by atoms with Gasteiger partial charge in [0.15, 0.2) is 12.4 Å². The van der Waals surface area contributed by atoms with Crippen LogP contribution in [0.3, 0.4) is 0 Å². The van der Waals surface area contributed by atoms with E-state index in [1.165, 1.54) is 0 Å². The maximum absolute atomic E-state index is 12.5. The minimum atomic E-state index is -0.606. The molecule has 1 N–H and O–H groups in total. The number of rotatable bonds is 8. The number of ether oxygens (including phenoxy) is 3. The van der Waals surface area contributed by atoms with E-state index >= 15 is 0 Å². The quantitative estimate of drug-likeness (QED) is 0.543. The van der Waals surface area contributed by atoms with Gasteiger partial charge in [-0.2, -0.15) is 0 Å². The number of ketones is 1. The Morgan fingerprint density at radius 2 is 1.86 bits per heavy atom. The van der Waals surface area contributed by atoms with Gasteiger partial charge >= 0.3 is 5.97 Å². The van der Waals surface area contributed by atoms with Gasteiger partial charge in [-0.15, -0.1) is 0 Å². The molecule has 1 aliphatic rings. The molecule has 152 valence electrons. The largest absolute Gasteiger partial charge is 0.496 e. The fraction of sp³-hybridized carbons (Fsp3) is 0.318. The van der Waals surface area contributed by atoms with E-state index in [0.29, 0.717) is 35.8 Å². The average Bonchev–Trinajstić information content (AvgIpc) is 3.03. The summed E-state index contributed by atoms with van der Waals surface area (Å²) in [7, 11) is 1.54. The lowest BCUT2D eigenvalue weighted by Crippen LogP contribution is -2.15. The van der Waals surface area contributed by atoms with Gasteiger partial charge in [-0.05, 0) is 55.8 Å². The summed E-state index contributed by atoms with van der Waals surface area (Å²) in [5.74, 6) is -0.746. The number of methoxy groups -OCH3 is 1. The molecule has 0 radical (unpaired) electrons. The van der Waals surface area contributed by atoms with Crippen LogP contribution in [0, 0.1) is 0 Å². The Labute approximate surface area is 169 Å². The zero-order valence-electron chi connectivity index (χ0n) is 16.6. The average molecular weight is 397 g/mol. The van der Waals surface area contributed by atoms with Gasteiger partial charge in [0, 0.05) is 23.4 Å². The fourth-order valence-corrected chi connectivity index (χ4v) is 3.12. The number of fused-ring (bicyclic) bond motifs is 1. The van der Waals surface area contributed by atoms with Crippen molar-refractivity contribution in [3.8, 4) is 5.75 Å². The number of nitrogens with one attached hydrogen (secondary N) is 1. The van der Waals surface area contributed by atoms with E-state index in [-0.39, 0.29) is 24.2 Å². The van der Waals surface area contributed by atoms with E-state index in [1.54, 1.807) is 50.4 Å². The van der Waals surface area contributed by atoms with Crippen LogP contribution in [0.2, 0.25) is 0 Å². The van der Waals surface area contributed by atoms with Crippen LogP contribution in [0.5, 0.6) is 5.75 Å². The Kier molecular flexibility index (Phi) is 6.29. The minimum Gasteiger partial charge on any atom is -0.496 e. The van der Waals surface area contributed by atoms with Crippen LogP contribution in [-0.4, -0.2) is 38.0 Å². The number of hydrogen-bond donors (Lipinski definition) is 1. The number of anilines is 1. The van der Waals surface area contributed by atoms with Gasteiger partial charge in [-0.3, -0.25) is 9.59 Å². The highest BCUT2D eigenvalue weighted by Crippen LogP contribution is 2.32. The van der Waals surface area contributed by atoms with Crippen molar-refractivity contribution < 1.29 is 28.6 Å². The van der Waals surface area contributed by atoms with Gasteiger partial charge in [-0.25, -0.2) is 4.79 Å². The number of amides is 1. The maximum atomic E-state index is 12.5. The summed E-state index contributed by atoms with van der Waals surface area (Å²) >= 11 is 0. The van der Waals surface area contributed by atoms with E-state index in [2.05, 4.69) is 5.32 Å². The first-order chi connectivity index (χ1) is 13.9. The summed E-state index contributed by atoms with van der Waals surface area (Å²) in [5.41, 5.74) is 2.90. The maximum Gasteiger partial charge on any atom is 0.338 e. The van der Waals surface area contributed by atoms with Crippen molar-refractivity contribution in [1.29, 1.82) is 0 Å². The summed E-state index contributed by atoms with van der Waals surface area (Å²) in [4.78, 5) is 36.6. The van der Waals surface area contributed by atoms with E-state index in [9.17, 15) is 14.4 Å². The van der Waals surface area contributed by atoms with Crippen molar-refractivity contribution in [3.05, 3.63) is 58.7 Å². The van der Waals surface area contributed by atoms with Crippen molar-refractivity contribution in [1.82, 2.24) is 0 Å². The molecule has 1 atom stereocenters. The van der Waals surface area contributed by atoms with Crippen LogP contribution in [-0.2, 0) is 20.9 Å². The number of hydrogen-bond acceptors (Lipinski definition) is 6. The van der Waals surface area contributed by atoms with Gasteiger partial charge < -0.3 is 19.5 Å². The Morgan fingerprint density at radius 1 is 1.10 bits per heavy atom. The van der Waals surface area contributed by atoms with E-state index in [0.717, 1.165) is 11.1 Å². The van der Waals surface area contributed by atoms with Crippen LogP contribution in [0.4, 0.5) is 5.69 Å². The van der Waals surface area contributed by atoms with Crippen molar-refractivity contribution in [2.24, 2.45) is 0 Å². The predicted molar refractivity (Wildman–Crippen MR) is 106 cm³/mol. The molecule has 0 saturated carbocycles. The smallest absolute Gasteiger partial charge is 0.338 e. The van der Waals surface area contributed by atoms with Crippen molar-refractivity contribution in [2.75, 3.05) is 25.6 Å². The molecule has 3 rings (SSSR count). The van der Waals surface area contributed by atoms with Gasteiger partial charge in [0.25, 0.3) is 0 Å². The third kappa shape index (κ3) is 4.46. The zero-order valence-corrected chi connectivity index (χ0v) is 16.6. The first-order valence-corrected chi connectivity index (χ1v) is 9.34. The molecule has 2 aromatic rings. The third-order valence-electron chi connectivity index (χ3n) is 4.80. The highest BCUT2D eigenvalue weighted by atomic mass is 16.5. The van der Waals surface area contributed by atoms with Crippen molar-refractivity contribution in [3.63, 3.8) is 0 Å². The molecule has 0 aliphatic carbocycles. The summed E-state index contributed by atoms with van der Waals surface area (Å²) in [6, 6.07) is 9.85. The van der Waals surface area contributed by atoms with Crippen LogP contribution in [0.1, 0.15) is 51.6 Å². The van der Waals surface area contributed by atoms with Gasteiger partial charge in [0.1, 0.15) is 5.75 Å². The predicted octanol–water partition coefficient (Wildman–Crippen LogP) is 3.33. The molecule has 2 aromatic carbocycles. The standard InChI is InChI=1S/C22H23NO6/c1-4-28-11-16-9-15(6-8-20(16)27-3)22(26)29-12-19(24)14-5-7-18-17(10-14)13(2)21(25)23-18/h5-10,13H,4,11-12H2,1-3H3,(H,23,25)/t13-/m1/s1. The second-order valence-corrected chi connectivity index (χ2v) is 6.68. The van der Waals surface area contributed by atoms with Gasteiger partial charge in [0.2, 0.25) is 5.91 Å². The molecule has 7 nitrogen and oxygen atoms in total. The number of carbonyl (C=O) groups is 3. The molecular formula is C22H23NO6. The lowest BCUT2D eigenvalue weighted by molar-refractivity contribution is -0.116. The Balaban J connectivity index is 1.66. The normalized spacial score (nSPS) is 14.9. The van der Waals surface area contributed by atoms with E-state index < -0.39 is 5.97 Å². The number of benzene rings is 2. The number of carbonyl (C=O) groups excluding carboxylic acids is 3. The molecule has 0 unspecified atom stereocenters. The monoisotopic (exact) mass is 397 g/mol. The molecule has 1 amide bonds. The topological polar surface area (TPSA) is 90.9 Å². The number of esters is 1. The van der Waals surface area contributed by atoms with Crippen LogP contribution >= 0.6 is 0 Å². The van der Waals surface area contributed by atoms with Crippen molar-refractivity contribution >= 4 is 23.3 Å². The Hall–Kier alpha value is -3.19. The Morgan fingerprint density at radius 3 is 2.59 bits per heavy atom. The second-order valence-electron chi connectivity index (χ2n) is 6.68. The zero-order chi connectivity index (χ0) is 21.0. The van der Waals surface area contributed by atoms with Crippen LogP contribution < -0.4 is 10.1 Å².